The van der Waals surface area contributed by atoms with Crippen molar-refractivity contribution in [2.75, 3.05) is 5.75 Å². The van der Waals surface area contributed by atoms with Crippen LogP contribution in [0.2, 0.25) is 0 Å². The van der Waals surface area contributed by atoms with Gasteiger partial charge in [-0.25, -0.2) is 0 Å². The summed E-state index contributed by atoms with van der Waals surface area (Å²) in [5.74, 6) is 2.47. The lowest BCUT2D eigenvalue weighted by Gasteiger charge is -2.23. The maximum absolute atomic E-state index is 12.4. The van der Waals surface area contributed by atoms with Gasteiger partial charge in [0.1, 0.15) is 5.75 Å². The molecule has 0 saturated heterocycles. The third kappa shape index (κ3) is 6.25. The number of carbonyl (C=O) groups is 1. The lowest BCUT2D eigenvalue weighted by molar-refractivity contribution is -0.119. The van der Waals surface area contributed by atoms with E-state index in [4.69, 9.17) is 4.74 Å². The Kier molecular flexibility index (Phi) is 8.41. The van der Waals surface area contributed by atoms with Crippen LogP contribution in [0.1, 0.15) is 96.2 Å². The van der Waals surface area contributed by atoms with Crippen LogP contribution in [0.4, 0.5) is 0 Å². The first-order valence-electron chi connectivity index (χ1n) is 11.5. The van der Waals surface area contributed by atoms with Crippen molar-refractivity contribution in [3.63, 3.8) is 0 Å². The third-order valence-electron chi connectivity index (χ3n) is 5.72. The maximum Gasteiger partial charge on any atom is 0.230 e. The topological polar surface area (TPSA) is 69.0 Å². The van der Waals surface area contributed by atoms with Crippen molar-refractivity contribution in [1.82, 2.24) is 20.1 Å². The quantitative estimate of drug-likeness (QED) is 0.505. The first-order chi connectivity index (χ1) is 14.9. The van der Waals surface area contributed by atoms with Crippen LogP contribution < -0.4 is 10.1 Å². The van der Waals surface area contributed by atoms with Gasteiger partial charge in [-0.2, -0.15) is 0 Å². The molecule has 7 heteroatoms. The minimum atomic E-state index is -0.250. The van der Waals surface area contributed by atoms with Gasteiger partial charge in [-0.3, -0.25) is 4.79 Å². The fraction of sp³-hybridized carbons (Fsp3) is 0.625. The van der Waals surface area contributed by atoms with Gasteiger partial charge >= 0.3 is 0 Å². The Balaban J connectivity index is 1.67. The highest BCUT2D eigenvalue weighted by molar-refractivity contribution is 7.99. The van der Waals surface area contributed by atoms with E-state index in [2.05, 4.69) is 53.8 Å². The van der Waals surface area contributed by atoms with E-state index in [-0.39, 0.29) is 18.1 Å². The molecule has 0 spiro atoms. The standard InChI is InChI=1S/C24H36N4O2S/c1-16(2)20-13-9-10-14-21(20)30-18(5)23-26-27-24(28(23)17(3)4)31-15-22(29)25-19-11-7-6-8-12-19/h9-10,13-14,16-19H,6-8,11-12,15H2,1-5H3,(H,25,29). The minimum Gasteiger partial charge on any atom is -0.482 e. The summed E-state index contributed by atoms with van der Waals surface area (Å²) in [5.41, 5.74) is 1.18. The van der Waals surface area contributed by atoms with E-state index < -0.39 is 0 Å². The summed E-state index contributed by atoms with van der Waals surface area (Å²) in [6.45, 7) is 10.5. The zero-order valence-electron chi connectivity index (χ0n) is 19.4. The molecule has 1 aromatic heterocycles. The summed E-state index contributed by atoms with van der Waals surface area (Å²) < 4.78 is 8.40. The Labute approximate surface area is 190 Å². The van der Waals surface area contributed by atoms with Crippen molar-refractivity contribution < 1.29 is 9.53 Å². The van der Waals surface area contributed by atoms with Crippen molar-refractivity contribution >= 4 is 17.7 Å². The van der Waals surface area contributed by atoms with E-state index in [9.17, 15) is 4.79 Å². The summed E-state index contributed by atoms with van der Waals surface area (Å²) in [7, 11) is 0. The fourth-order valence-corrected chi connectivity index (χ4v) is 4.99. The van der Waals surface area contributed by atoms with Crippen LogP contribution in [0.5, 0.6) is 5.75 Å². The van der Waals surface area contributed by atoms with Crippen LogP contribution in [0.3, 0.4) is 0 Å². The zero-order valence-corrected chi connectivity index (χ0v) is 20.2. The Morgan fingerprint density at radius 2 is 1.84 bits per heavy atom. The van der Waals surface area contributed by atoms with Crippen LogP contribution >= 0.6 is 11.8 Å². The number of amides is 1. The maximum atomic E-state index is 12.4. The van der Waals surface area contributed by atoms with Gasteiger partial charge in [0.2, 0.25) is 5.91 Å². The molecule has 0 radical (unpaired) electrons. The summed E-state index contributed by atoms with van der Waals surface area (Å²) in [5, 5.41) is 12.8. The number of benzene rings is 1. The normalized spacial score (nSPS) is 16.0. The zero-order chi connectivity index (χ0) is 22.4. The molecule has 1 amide bonds. The molecule has 3 rings (SSSR count). The molecule has 1 unspecified atom stereocenters. The van der Waals surface area contributed by atoms with Crippen LogP contribution in [0, 0.1) is 0 Å². The van der Waals surface area contributed by atoms with Gasteiger partial charge in [0, 0.05) is 12.1 Å². The van der Waals surface area contributed by atoms with Crippen LogP contribution in [0.15, 0.2) is 29.4 Å². The number of hydrogen-bond acceptors (Lipinski definition) is 5. The average Bonchev–Trinajstić information content (AvgIpc) is 3.18. The third-order valence-corrected chi connectivity index (χ3v) is 6.66. The molecular weight excluding hydrogens is 408 g/mol. The highest BCUT2D eigenvalue weighted by Gasteiger charge is 2.23. The van der Waals surface area contributed by atoms with Crippen molar-refractivity contribution in [3.05, 3.63) is 35.7 Å². The summed E-state index contributed by atoms with van der Waals surface area (Å²) in [4.78, 5) is 12.4. The average molecular weight is 445 g/mol. The second-order valence-corrected chi connectivity index (χ2v) is 9.89. The molecule has 2 aromatic rings. The van der Waals surface area contributed by atoms with E-state index in [1.165, 1.54) is 36.6 Å². The lowest BCUT2D eigenvalue weighted by atomic mass is 9.95. The van der Waals surface area contributed by atoms with Gasteiger partial charge in [-0.15, -0.1) is 10.2 Å². The second kappa shape index (κ2) is 11.0. The number of nitrogens with zero attached hydrogens (tertiary/aromatic N) is 3. The van der Waals surface area contributed by atoms with Gasteiger partial charge in [0.05, 0.1) is 5.75 Å². The Hall–Kier alpha value is -2.02. The largest absolute Gasteiger partial charge is 0.482 e. The second-order valence-electron chi connectivity index (χ2n) is 8.95. The first-order valence-corrected chi connectivity index (χ1v) is 12.5. The molecule has 1 aliphatic rings. The number of rotatable bonds is 9. The highest BCUT2D eigenvalue weighted by atomic mass is 32.2. The Bertz CT molecular complexity index is 859. The molecule has 1 N–H and O–H groups in total. The SMILES string of the molecule is CC(C)c1ccccc1OC(C)c1nnc(SCC(=O)NC2CCCCC2)n1C(C)C. The highest BCUT2D eigenvalue weighted by Crippen LogP contribution is 2.31. The predicted molar refractivity (Wildman–Crippen MR) is 126 cm³/mol. The van der Waals surface area contributed by atoms with Crippen LogP contribution in [0.25, 0.3) is 0 Å². The Morgan fingerprint density at radius 1 is 1.13 bits per heavy atom. The number of nitrogens with one attached hydrogen (secondary N) is 1. The summed E-state index contributed by atoms with van der Waals surface area (Å²) in [6.07, 6.45) is 5.64. The number of thioether (sulfide) groups is 1. The number of para-hydroxylation sites is 1. The molecular formula is C24H36N4O2S. The van der Waals surface area contributed by atoms with Gasteiger partial charge in [-0.05, 0) is 51.2 Å². The number of hydrogen-bond donors (Lipinski definition) is 1. The summed E-state index contributed by atoms with van der Waals surface area (Å²) >= 11 is 1.45. The molecule has 1 saturated carbocycles. The fourth-order valence-electron chi connectivity index (χ4n) is 4.10. The molecule has 0 aliphatic heterocycles. The molecule has 170 valence electrons. The first kappa shape index (κ1) is 23.6. The van der Waals surface area contributed by atoms with Crippen molar-refractivity contribution in [3.8, 4) is 5.75 Å². The van der Waals surface area contributed by atoms with E-state index in [0.717, 1.165) is 29.6 Å². The minimum absolute atomic E-state index is 0.0758. The summed E-state index contributed by atoms with van der Waals surface area (Å²) in [6, 6.07) is 8.64. The van der Waals surface area contributed by atoms with E-state index in [1.54, 1.807) is 0 Å². The van der Waals surface area contributed by atoms with Gasteiger partial charge < -0.3 is 14.6 Å². The van der Waals surface area contributed by atoms with Crippen molar-refractivity contribution in [1.29, 1.82) is 0 Å². The van der Waals surface area contributed by atoms with Crippen molar-refractivity contribution in [2.45, 2.75) is 96.0 Å². The Morgan fingerprint density at radius 3 is 2.52 bits per heavy atom. The van der Waals surface area contributed by atoms with Crippen LogP contribution in [-0.2, 0) is 4.79 Å². The molecule has 1 aliphatic carbocycles. The van der Waals surface area contributed by atoms with Gasteiger partial charge in [0.25, 0.3) is 0 Å². The predicted octanol–water partition coefficient (Wildman–Crippen LogP) is 5.66. The monoisotopic (exact) mass is 444 g/mol. The van der Waals surface area contributed by atoms with Crippen LogP contribution in [-0.4, -0.2) is 32.5 Å². The molecule has 31 heavy (non-hydrogen) atoms. The van der Waals surface area contributed by atoms with Gasteiger partial charge in [-0.1, -0.05) is 63.1 Å². The van der Waals surface area contributed by atoms with Gasteiger partial charge in [0.15, 0.2) is 17.1 Å². The molecule has 1 fully saturated rings. The van der Waals surface area contributed by atoms with Crippen molar-refractivity contribution in [2.24, 2.45) is 0 Å². The molecule has 1 heterocycles. The van der Waals surface area contributed by atoms with E-state index in [1.807, 2.05) is 25.1 Å². The molecule has 1 atom stereocenters. The smallest absolute Gasteiger partial charge is 0.230 e. The molecule has 6 nitrogen and oxygen atoms in total. The molecule has 1 aromatic carbocycles. The van der Waals surface area contributed by atoms with E-state index >= 15 is 0 Å². The van der Waals surface area contributed by atoms with E-state index in [0.29, 0.717) is 17.7 Å². The number of aromatic nitrogens is 3. The lowest BCUT2D eigenvalue weighted by Crippen LogP contribution is -2.37. The number of carbonyl (C=O) groups excluding carboxylic acids is 1. The molecule has 0 bridgehead atoms. The number of ether oxygens (including phenoxy) is 1.